The molecule has 1 aromatic heterocycles. The predicted molar refractivity (Wildman–Crippen MR) is 141 cm³/mol. The molecule has 0 fully saturated rings. The number of carbonyl (C=O) groups excluding carboxylic acids is 1. The maximum absolute atomic E-state index is 13.6. The third-order valence-corrected chi connectivity index (χ3v) is 7.47. The van der Waals surface area contributed by atoms with Crippen molar-refractivity contribution in [1.29, 1.82) is 0 Å². The lowest BCUT2D eigenvalue weighted by molar-refractivity contribution is 0.251. The monoisotopic (exact) mass is 518 g/mol. The Bertz CT molecular complexity index is 1450. The van der Waals surface area contributed by atoms with Crippen molar-refractivity contribution in [2.24, 2.45) is 0 Å². The number of aryl methyl sites for hydroxylation is 1. The molecule has 9 heteroatoms. The number of carbonyl (C=O) groups is 1. The number of halogens is 1. The summed E-state index contributed by atoms with van der Waals surface area (Å²) in [6.45, 7) is 2.51. The highest BCUT2D eigenvalue weighted by molar-refractivity contribution is 7.89. The van der Waals surface area contributed by atoms with E-state index in [9.17, 15) is 17.6 Å². The van der Waals surface area contributed by atoms with Gasteiger partial charge in [-0.2, -0.15) is 4.31 Å². The third kappa shape index (κ3) is 7.22. The average Bonchev–Trinajstić information content (AvgIpc) is 2.89. The highest BCUT2D eigenvalue weighted by atomic mass is 32.2. The maximum atomic E-state index is 13.6. The Morgan fingerprint density at radius 3 is 2.22 bits per heavy atom. The first kappa shape index (κ1) is 26.0. The van der Waals surface area contributed by atoms with Gasteiger partial charge in [-0.1, -0.05) is 42.0 Å². The van der Waals surface area contributed by atoms with Crippen LogP contribution in [-0.2, 0) is 29.7 Å². The van der Waals surface area contributed by atoms with Gasteiger partial charge in [0.15, 0.2) is 0 Å². The number of benzene rings is 3. The van der Waals surface area contributed by atoms with Crippen LogP contribution in [0.3, 0.4) is 0 Å². The summed E-state index contributed by atoms with van der Waals surface area (Å²) in [7, 11) is -3.91. The molecule has 0 aliphatic heterocycles. The topological polar surface area (TPSA) is 91.4 Å². The highest BCUT2D eigenvalue weighted by Crippen LogP contribution is 2.23. The van der Waals surface area contributed by atoms with Crippen LogP contribution in [0.5, 0.6) is 0 Å². The number of hydrogen-bond donors (Lipinski definition) is 2. The molecule has 0 aliphatic carbocycles. The number of hydrogen-bond acceptors (Lipinski definition) is 4. The smallest absolute Gasteiger partial charge is 0.319 e. The van der Waals surface area contributed by atoms with Gasteiger partial charge in [0.05, 0.1) is 4.90 Å². The molecular formula is C28H27FN4O3S. The van der Waals surface area contributed by atoms with E-state index in [-0.39, 0.29) is 23.8 Å². The quantitative estimate of drug-likeness (QED) is 0.317. The molecule has 4 rings (SSSR count). The summed E-state index contributed by atoms with van der Waals surface area (Å²) in [4.78, 5) is 16.3. The molecule has 0 bridgehead atoms. The number of aromatic nitrogens is 1. The molecule has 0 spiro atoms. The minimum Gasteiger partial charge on any atom is -0.334 e. The Morgan fingerprint density at radius 2 is 1.54 bits per heavy atom. The van der Waals surface area contributed by atoms with Crippen LogP contribution < -0.4 is 10.6 Å². The second kappa shape index (κ2) is 11.8. The molecule has 0 saturated heterocycles. The summed E-state index contributed by atoms with van der Waals surface area (Å²) in [5, 5.41) is 5.44. The van der Waals surface area contributed by atoms with Crippen LogP contribution in [0.2, 0.25) is 0 Å². The summed E-state index contributed by atoms with van der Waals surface area (Å²) < 4.78 is 42.0. The minimum atomic E-state index is -3.91. The molecule has 2 amide bonds. The Balaban J connectivity index is 1.49. The van der Waals surface area contributed by atoms with E-state index in [1.807, 2.05) is 31.2 Å². The van der Waals surface area contributed by atoms with Gasteiger partial charge in [-0.05, 0) is 72.1 Å². The van der Waals surface area contributed by atoms with Gasteiger partial charge in [0.2, 0.25) is 10.0 Å². The Morgan fingerprint density at radius 1 is 0.865 bits per heavy atom. The van der Waals surface area contributed by atoms with Crippen molar-refractivity contribution in [3.63, 3.8) is 0 Å². The zero-order valence-corrected chi connectivity index (χ0v) is 21.1. The summed E-state index contributed by atoms with van der Waals surface area (Å²) in [6.07, 6.45) is 3.29. The molecule has 1 heterocycles. The standard InChI is InChI=1S/C28H27FN4O3S/c1-21-3-2-4-24(17-21)20-33(19-23-5-7-25(29)8-6-23)37(35,36)27-11-9-26(10-12-27)32-28(34)31-18-22-13-15-30-16-14-22/h2-17H,18-20H2,1H3,(H2,31,32,34). The molecule has 0 radical (unpaired) electrons. The second-order valence-electron chi connectivity index (χ2n) is 8.58. The van der Waals surface area contributed by atoms with Crippen molar-refractivity contribution in [2.75, 3.05) is 5.32 Å². The normalized spacial score (nSPS) is 11.3. The molecular weight excluding hydrogens is 491 g/mol. The summed E-state index contributed by atoms with van der Waals surface area (Å²) >= 11 is 0. The van der Waals surface area contributed by atoms with Crippen LogP contribution in [0.4, 0.5) is 14.9 Å². The molecule has 190 valence electrons. The SMILES string of the molecule is Cc1cccc(CN(Cc2ccc(F)cc2)S(=O)(=O)c2ccc(NC(=O)NCc3ccncc3)cc2)c1. The van der Waals surface area contributed by atoms with Gasteiger partial charge in [-0.25, -0.2) is 17.6 Å². The minimum absolute atomic E-state index is 0.0773. The predicted octanol–water partition coefficient (Wildman–Crippen LogP) is 5.24. The number of rotatable bonds is 9. The summed E-state index contributed by atoms with van der Waals surface area (Å²) in [6, 6.07) is 22.6. The van der Waals surface area contributed by atoms with Crippen molar-refractivity contribution < 1.29 is 17.6 Å². The number of urea groups is 1. The largest absolute Gasteiger partial charge is 0.334 e. The summed E-state index contributed by atoms with van der Waals surface area (Å²) in [5.74, 6) is -0.384. The molecule has 0 saturated carbocycles. The average molecular weight is 519 g/mol. The van der Waals surface area contributed by atoms with E-state index < -0.39 is 16.1 Å². The van der Waals surface area contributed by atoms with Gasteiger partial charge in [0, 0.05) is 37.7 Å². The van der Waals surface area contributed by atoms with Crippen molar-refractivity contribution >= 4 is 21.7 Å². The van der Waals surface area contributed by atoms with Gasteiger partial charge in [-0.3, -0.25) is 4.98 Å². The zero-order chi connectivity index (χ0) is 26.3. The molecule has 3 aromatic carbocycles. The van der Waals surface area contributed by atoms with Gasteiger partial charge in [0.1, 0.15) is 5.82 Å². The highest BCUT2D eigenvalue weighted by Gasteiger charge is 2.25. The van der Waals surface area contributed by atoms with Gasteiger partial charge < -0.3 is 10.6 Å². The van der Waals surface area contributed by atoms with E-state index in [2.05, 4.69) is 15.6 Å². The van der Waals surface area contributed by atoms with E-state index >= 15 is 0 Å². The Hall–Kier alpha value is -4.08. The second-order valence-corrected chi connectivity index (χ2v) is 10.5. The third-order valence-electron chi connectivity index (χ3n) is 5.67. The van der Waals surface area contributed by atoms with E-state index in [4.69, 9.17) is 0 Å². The number of pyridine rings is 1. The van der Waals surface area contributed by atoms with Crippen molar-refractivity contribution in [1.82, 2.24) is 14.6 Å². The van der Waals surface area contributed by atoms with Crippen LogP contribution in [0.1, 0.15) is 22.3 Å². The molecule has 0 unspecified atom stereocenters. The molecule has 7 nitrogen and oxygen atoms in total. The van der Waals surface area contributed by atoms with Gasteiger partial charge in [-0.15, -0.1) is 0 Å². The molecule has 0 atom stereocenters. The van der Waals surface area contributed by atoms with Crippen molar-refractivity contribution in [3.05, 3.63) is 125 Å². The molecule has 37 heavy (non-hydrogen) atoms. The van der Waals surface area contributed by atoms with E-state index in [0.717, 1.165) is 16.7 Å². The van der Waals surface area contributed by atoms with Crippen LogP contribution in [0.15, 0.2) is 102 Å². The van der Waals surface area contributed by atoms with E-state index in [1.54, 1.807) is 48.8 Å². The lowest BCUT2D eigenvalue weighted by Gasteiger charge is -2.23. The number of anilines is 1. The Kier molecular flexibility index (Phi) is 8.27. The zero-order valence-electron chi connectivity index (χ0n) is 20.3. The summed E-state index contributed by atoms with van der Waals surface area (Å²) in [5.41, 5.74) is 3.89. The van der Waals surface area contributed by atoms with E-state index in [0.29, 0.717) is 17.8 Å². The van der Waals surface area contributed by atoms with Gasteiger partial charge >= 0.3 is 6.03 Å². The number of sulfonamides is 1. The number of nitrogens with one attached hydrogen (secondary N) is 2. The number of nitrogens with zero attached hydrogens (tertiary/aromatic N) is 2. The fraction of sp³-hybridized carbons (Fsp3) is 0.143. The number of amides is 2. The molecule has 0 aliphatic rings. The van der Waals surface area contributed by atoms with Crippen LogP contribution in [0.25, 0.3) is 0 Å². The lowest BCUT2D eigenvalue weighted by Crippen LogP contribution is -2.30. The van der Waals surface area contributed by atoms with Crippen LogP contribution in [-0.4, -0.2) is 23.7 Å². The van der Waals surface area contributed by atoms with E-state index in [1.165, 1.54) is 28.6 Å². The lowest BCUT2D eigenvalue weighted by atomic mass is 10.1. The first-order valence-corrected chi connectivity index (χ1v) is 13.1. The Labute approximate surface area is 216 Å². The van der Waals surface area contributed by atoms with Crippen molar-refractivity contribution in [3.8, 4) is 0 Å². The first-order chi connectivity index (χ1) is 17.8. The molecule has 4 aromatic rings. The van der Waals surface area contributed by atoms with Gasteiger partial charge in [0.25, 0.3) is 0 Å². The first-order valence-electron chi connectivity index (χ1n) is 11.6. The van der Waals surface area contributed by atoms with Crippen LogP contribution in [0, 0.1) is 12.7 Å². The fourth-order valence-corrected chi connectivity index (χ4v) is 5.17. The van der Waals surface area contributed by atoms with Crippen LogP contribution >= 0.6 is 0 Å². The fourth-order valence-electron chi connectivity index (χ4n) is 3.75. The maximum Gasteiger partial charge on any atom is 0.319 e. The van der Waals surface area contributed by atoms with Crippen molar-refractivity contribution in [2.45, 2.75) is 31.5 Å². The molecule has 2 N–H and O–H groups in total.